The maximum Gasteiger partial charge on any atom is 0.136 e. The van der Waals surface area contributed by atoms with Crippen molar-refractivity contribution in [1.82, 2.24) is 15.1 Å². The first kappa shape index (κ1) is 17.0. The number of aryl methyl sites for hydroxylation is 1. The molecule has 1 atom stereocenters. The number of nitrogens with zero attached hydrogens (tertiary/aromatic N) is 3. The molecular formula is C19H20N4O2. The zero-order valence-electron chi connectivity index (χ0n) is 14.2. The van der Waals surface area contributed by atoms with E-state index >= 15 is 0 Å². The van der Waals surface area contributed by atoms with Crippen LogP contribution in [0.4, 0.5) is 0 Å². The monoisotopic (exact) mass is 336 g/mol. The van der Waals surface area contributed by atoms with Crippen molar-refractivity contribution < 1.29 is 9.52 Å². The van der Waals surface area contributed by atoms with E-state index in [4.69, 9.17) is 9.68 Å². The quantitative estimate of drug-likeness (QED) is 0.722. The third-order valence-corrected chi connectivity index (χ3v) is 4.03. The Kier molecular flexibility index (Phi) is 4.70. The highest BCUT2D eigenvalue weighted by atomic mass is 16.4. The molecule has 0 spiro atoms. The molecule has 3 aromatic rings. The van der Waals surface area contributed by atoms with Crippen LogP contribution in [0.15, 0.2) is 53.3 Å². The van der Waals surface area contributed by atoms with Crippen molar-refractivity contribution in [2.75, 3.05) is 6.54 Å². The normalized spacial score (nSPS) is 13.4. The van der Waals surface area contributed by atoms with E-state index in [0.29, 0.717) is 24.4 Å². The van der Waals surface area contributed by atoms with Crippen LogP contribution in [0.25, 0.3) is 11.3 Å². The summed E-state index contributed by atoms with van der Waals surface area (Å²) in [6.07, 6.45) is 3.50. The fourth-order valence-electron chi connectivity index (χ4n) is 2.73. The largest absolute Gasteiger partial charge is 0.466 e. The van der Waals surface area contributed by atoms with Gasteiger partial charge in [0, 0.05) is 37.5 Å². The number of nitriles is 1. The van der Waals surface area contributed by atoms with E-state index in [-0.39, 0.29) is 0 Å². The number of aliphatic hydroxyl groups is 1. The first-order chi connectivity index (χ1) is 12.0. The zero-order chi connectivity index (χ0) is 17.9. The van der Waals surface area contributed by atoms with Crippen LogP contribution in [0, 0.1) is 11.3 Å². The van der Waals surface area contributed by atoms with Crippen LogP contribution in [0.5, 0.6) is 0 Å². The molecule has 0 saturated heterocycles. The second-order valence-electron chi connectivity index (χ2n) is 6.22. The van der Waals surface area contributed by atoms with Crippen LogP contribution in [0.2, 0.25) is 0 Å². The summed E-state index contributed by atoms with van der Waals surface area (Å²) < 4.78 is 7.05. The van der Waals surface area contributed by atoms with E-state index in [1.807, 2.05) is 25.4 Å². The molecular weight excluding hydrogens is 316 g/mol. The first-order valence-corrected chi connectivity index (χ1v) is 8.00. The Balaban J connectivity index is 1.72. The van der Waals surface area contributed by atoms with Gasteiger partial charge >= 0.3 is 0 Å². The summed E-state index contributed by atoms with van der Waals surface area (Å²) in [5, 5.41) is 27.2. The molecule has 25 heavy (non-hydrogen) atoms. The minimum absolute atomic E-state index is 0.349. The van der Waals surface area contributed by atoms with Crippen LogP contribution in [0.1, 0.15) is 23.8 Å². The van der Waals surface area contributed by atoms with Crippen LogP contribution >= 0.6 is 0 Å². The molecule has 0 amide bonds. The Morgan fingerprint density at radius 3 is 2.72 bits per heavy atom. The second kappa shape index (κ2) is 6.93. The van der Waals surface area contributed by atoms with Gasteiger partial charge in [-0.25, -0.2) is 0 Å². The molecule has 0 saturated carbocycles. The maximum atomic E-state index is 10.5. The van der Waals surface area contributed by atoms with Crippen molar-refractivity contribution >= 4 is 0 Å². The Labute approximate surface area is 146 Å². The smallest absolute Gasteiger partial charge is 0.136 e. The molecule has 128 valence electrons. The predicted octanol–water partition coefficient (Wildman–Crippen LogP) is 2.55. The van der Waals surface area contributed by atoms with Crippen molar-refractivity contribution in [3.05, 3.63) is 65.7 Å². The molecule has 0 fully saturated rings. The molecule has 0 radical (unpaired) electrons. The van der Waals surface area contributed by atoms with Gasteiger partial charge in [-0.05, 0) is 31.2 Å². The standard InChI is InChI=1S/C19H20N4O2/c1-19(24,17-4-3-9-25-17)13-21-11-16-12-23(2)22-18(16)15-7-5-14(10-20)6-8-15/h3-9,12,21,24H,11,13H2,1-2H3. The van der Waals surface area contributed by atoms with Gasteiger partial charge in [0.15, 0.2) is 0 Å². The molecule has 6 heteroatoms. The molecule has 2 N–H and O–H groups in total. The van der Waals surface area contributed by atoms with E-state index in [0.717, 1.165) is 16.8 Å². The Bertz CT molecular complexity index is 871. The minimum Gasteiger partial charge on any atom is -0.466 e. The fourth-order valence-corrected chi connectivity index (χ4v) is 2.73. The lowest BCUT2D eigenvalue weighted by atomic mass is 10.0. The maximum absolute atomic E-state index is 10.5. The van der Waals surface area contributed by atoms with Gasteiger partial charge in [-0.1, -0.05) is 12.1 Å². The Morgan fingerprint density at radius 1 is 1.32 bits per heavy atom. The average molecular weight is 336 g/mol. The summed E-state index contributed by atoms with van der Waals surface area (Å²) in [7, 11) is 1.87. The fraction of sp³-hybridized carbons (Fsp3) is 0.263. The predicted molar refractivity (Wildman–Crippen MR) is 93.3 cm³/mol. The number of furan rings is 1. The molecule has 1 unspecified atom stereocenters. The summed E-state index contributed by atoms with van der Waals surface area (Å²) in [6, 6.07) is 13.0. The topological polar surface area (TPSA) is 87.0 Å². The van der Waals surface area contributed by atoms with E-state index in [1.165, 1.54) is 0 Å². The third-order valence-electron chi connectivity index (χ3n) is 4.03. The van der Waals surface area contributed by atoms with Gasteiger partial charge in [-0.2, -0.15) is 10.4 Å². The van der Waals surface area contributed by atoms with Crippen molar-refractivity contribution in [3.63, 3.8) is 0 Å². The van der Waals surface area contributed by atoms with Crippen molar-refractivity contribution in [2.24, 2.45) is 7.05 Å². The van der Waals surface area contributed by atoms with E-state index in [9.17, 15) is 5.11 Å². The summed E-state index contributed by atoms with van der Waals surface area (Å²) in [5.41, 5.74) is 2.36. The molecule has 0 aliphatic heterocycles. The van der Waals surface area contributed by atoms with Gasteiger partial charge in [-0.15, -0.1) is 0 Å². The van der Waals surface area contributed by atoms with Gasteiger partial charge in [-0.3, -0.25) is 4.68 Å². The highest BCUT2D eigenvalue weighted by molar-refractivity contribution is 5.63. The van der Waals surface area contributed by atoms with Crippen LogP contribution < -0.4 is 5.32 Å². The van der Waals surface area contributed by atoms with E-state index < -0.39 is 5.60 Å². The SMILES string of the molecule is Cn1cc(CNCC(C)(O)c2ccco2)c(-c2ccc(C#N)cc2)n1. The van der Waals surface area contributed by atoms with Crippen molar-refractivity contribution in [2.45, 2.75) is 19.1 Å². The highest BCUT2D eigenvalue weighted by Gasteiger charge is 2.25. The van der Waals surface area contributed by atoms with Gasteiger partial charge in [0.1, 0.15) is 11.4 Å². The average Bonchev–Trinajstić information content (AvgIpc) is 3.25. The highest BCUT2D eigenvalue weighted by Crippen LogP contribution is 2.23. The number of rotatable bonds is 6. The number of aromatic nitrogens is 2. The number of hydrogen-bond acceptors (Lipinski definition) is 5. The second-order valence-corrected chi connectivity index (χ2v) is 6.22. The molecule has 2 aromatic heterocycles. The summed E-state index contributed by atoms with van der Waals surface area (Å²) in [6.45, 7) is 2.62. The summed E-state index contributed by atoms with van der Waals surface area (Å²) in [5.74, 6) is 0.526. The molecule has 0 aliphatic rings. The third kappa shape index (κ3) is 3.79. The van der Waals surface area contributed by atoms with Crippen molar-refractivity contribution in [3.8, 4) is 17.3 Å². The molecule has 0 bridgehead atoms. The van der Waals surface area contributed by atoms with E-state index in [1.54, 1.807) is 42.1 Å². The van der Waals surface area contributed by atoms with Crippen LogP contribution in [0.3, 0.4) is 0 Å². The molecule has 6 nitrogen and oxygen atoms in total. The number of benzene rings is 1. The lowest BCUT2D eigenvalue weighted by molar-refractivity contribution is 0.0340. The zero-order valence-corrected chi connectivity index (χ0v) is 14.2. The molecule has 0 aliphatic carbocycles. The number of nitrogens with one attached hydrogen (secondary N) is 1. The van der Waals surface area contributed by atoms with Gasteiger partial charge < -0.3 is 14.8 Å². The lowest BCUT2D eigenvalue weighted by Crippen LogP contribution is -2.34. The van der Waals surface area contributed by atoms with Crippen molar-refractivity contribution in [1.29, 1.82) is 5.26 Å². The number of hydrogen-bond donors (Lipinski definition) is 2. The molecule has 2 heterocycles. The lowest BCUT2D eigenvalue weighted by Gasteiger charge is -2.21. The molecule has 1 aromatic carbocycles. The summed E-state index contributed by atoms with van der Waals surface area (Å²) in [4.78, 5) is 0. The summed E-state index contributed by atoms with van der Waals surface area (Å²) >= 11 is 0. The van der Waals surface area contributed by atoms with Gasteiger partial charge in [0.25, 0.3) is 0 Å². The van der Waals surface area contributed by atoms with Gasteiger partial charge in [0.2, 0.25) is 0 Å². The first-order valence-electron chi connectivity index (χ1n) is 8.00. The van der Waals surface area contributed by atoms with Crippen LogP contribution in [-0.4, -0.2) is 21.4 Å². The van der Waals surface area contributed by atoms with Gasteiger partial charge in [0.05, 0.1) is 23.6 Å². The van der Waals surface area contributed by atoms with E-state index in [2.05, 4.69) is 16.5 Å². The van der Waals surface area contributed by atoms with Crippen LogP contribution in [-0.2, 0) is 19.2 Å². The molecule has 3 rings (SSSR count). The Hall–Kier alpha value is -2.88. The Morgan fingerprint density at radius 2 is 2.08 bits per heavy atom. The minimum atomic E-state index is -1.08.